The molecule has 5 rings (SSSR count). The van der Waals surface area contributed by atoms with E-state index in [4.69, 9.17) is 0 Å². The number of nitrogens with zero attached hydrogens (tertiary/aromatic N) is 9. The van der Waals surface area contributed by atoms with E-state index in [-0.39, 0.29) is 0 Å². The third-order valence-corrected chi connectivity index (χ3v) is 4.05. The molecule has 0 atom stereocenters. The normalized spacial score (nSPS) is 10.9. The van der Waals surface area contributed by atoms with Crippen molar-refractivity contribution >= 4 is 0 Å². The molecule has 5 heterocycles. The SMILES string of the molecule is c1cc(-n2cnc(-c3ccncc3)n2)nc(-n2cnc(-c3ccncc3)n2)c1. The molecule has 0 spiro atoms. The largest absolute Gasteiger partial charge is 0.265 e. The van der Waals surface area contributed by atoms with Crippen molar-refractivity contribution in [3.8, 4) is 34.4 Å². The summed E-state index contributed by atoms with van der Waals surface area (Å²) in [5.74, 6) is 2.48. The fourth-order valence-electron chi connectivity index (χ4n) is 2.68. The third kappa shape index (κ3) is 3.01. The van der Waals surface area contributed by atoms with Gasteiger partial charge >= 0.3 is 0 Å². The lowest BCUT2D eigenvalue weighted by atomic mass is 10.3. The Balaban J connectivity index is 1.46. The minimum atomic E-state index is 0.607. The van der Waals surface area contributed by atoms with E-state index in [1.54, 1.807) is 46.8 Å². The average molecular weight is 367 g/mol. The monoisotopic (exact) mass is 367 g/mol. The second-order valence-corrected chi connectivity index (χ2v) is 5.85. The highest BCUT2D eigenvalue weighted by atomic mass is 15.4. The smallest absolute Gasteiger partial charge is 0.181 e. The summed E-state index contributed by atoms with van der Waals surface area (Å²) in [7, 11) is 0. The van der Waals surface area contributed by atoms with Crippen molar-refractivity contribution in [1.29, 1.82) is 0 Å². The van der Waals surface area contributed by atoms with Crippen molar-refractivity contribution in [3.63, 3.8) is 0 Å². The molecule has 0 bridgehead atoms. The Hall–Kier alpha value is -4.27. The second kappa shape index (κ2) is 6.80. The lowest BCUT2D eigenvalue weighted by Gasteiger charge is -2.03. The molecule has 0 saturated heterocycles. The maximum Gasteiger partial charge on any atom is 0.181 e. The average Bonchev–Trinajstić information content (AvgIpc) is 3.46. The van der Waals surface area contributed by atoms with Gasteiger partial charge in [0.2, 0.25) is 0 Å². The molecule has 0 amide bonds. The van der Waals surface area contributed by atoms with Crippen LogP contribution in [-0.2, 0) is 0 Å². The number of rotatable bonds is 4. The van der Waals surface area contributed by atoms with Gasteiger partial charge in [-0.15, -0.1) is 10.2 Å². The van der Waals surface area contributed by atoms with Gasteiger partial charge in [-0.3, -0.25) is 9.97 Å². The van der Waals surface area contributed by atoms with Gasteiger partial charge < -0.3 is 0 Å². The summed E-state index contributed by atoms with van der Waals surface area (Å²) in [6.07, 6.45) is 10.1. The predicted molar refractivity (Wildman–Crippen MR) is 101 cm³/mol. The predicted octanol–water partition coefficient (Wildman–Crippen LogP) is 2.37. The fourth-order valence-corrected chi connectivity index (χ4v) is 2.68. The maximum atomic E-state index is 4.62. The molecule has 0 aromatic carbocycles. The Bertz CT molecular complexity index is 1120. The van der Waals surface area contributed by atoms with E-state index >= 15 is 0 Å². The van der Waals surface area contributed by atoms with E-state index in [1.807, 2.05) is 42.5 Å². The highest BCUT2D eigenvalue weighted by Gasteiger charge is 2.09. The topological polar surface area (TPSA) is 100 Å². The van der Waals surface area contributed by atoms with Crippen LogP contribution in [-0.4, -0.2) is 44.5 Å². The number of aromatic nitrogens is 9. The minimum absolute atomic E-state index is 0.607. The Morgan fingerprint density at radius 2 is 1.04 bits per heavy atom. The van der Waals surface area contributed by atoms with Crippen LogP contribution in [0.5, 0.6) is 0 Å². The summed E-state index contributed by atoms with van der Waals surface area (Å²) in [5, 5.41) is 9.00. The van der Waals surface area contributed by atoms with Crippen LogP contribution < -0.4 is 0 Å². The zero-order valence-corrected chi connectivity index (χ0v) is 14.5. The van der Waals surface area contributed by atoms with Crippen LogP contribution in [0.4, 0.5) is 0 Å². The van der Waals surface area contributed by atoms with Gasteiger partial charge in [0.05, 0.1) is 0 Å². The molecule has 0 unspecified atom stereocenters. The van der Waals surface area contributed by atoms with E-state index in [9.17, 15) is 0 Å². The number of hydrogen-bond donors (Lipinski definition) is 0. The molecule has 0 saturated carbocycles. The summed E-state index contributed by atoms with van der Waals surface area (Å²) in [4.78, 5) is 21.4. The first-order valence-electron chi connectivity index (χ1n) is 8.49. The Kier molecular flexibility index (Phi) is 3.87. The molecular weight excluding hydrogens is 354 g/mol. The van der Waals surface area contributed by atoms with Crippen molar-refractivity contribution in [2.24, 2.45) is 0 Å². The standard InChI is InChI=1S/C19H13N9/c1-2-16(27-12-22-18(25-27)14-4-8-20-9-5-14)24-17(3-1)28-13-23-19(26-28)15-6-10-21-11-7-15/h1-13H. The summed E-state index contributed by atoms with van der Waals surface area (Å²) in [6.45, 7) is 0. The Morgan fingerprint density at radius 1 is 0.571 bits per heavy atom. The maximum absolute atomic E-state index is 4.62. The van der Waals surface area contributed by atoms with Crippen LogP contribution >= 0.6 is 0 Å². The molecule has 0 fully saturated rings. The van der Waals surface area contributed by atoms with Gasteiger partial charge in [-0.2, -0.15) is 0 Å². The van der Waals surface area contributed by atoms with Crippen molar-refractivity contribution in [2.45, 2.75) is 0 Å². The van der Waals surface area contributed by atoms with E-state index in [2.05, 4.69) is 35.1 Å². The zero-order chi connectivity index (χ0) is 18.8. The van der Waals surface area contributed by atoms with E-state index in [1.165, 1.54) is 0 Å². The van der Waals surface area contributed by atoms with Crippen LogP contribution in [0.3, 0.4) is 0 Å². The Morgan fingerprint density at radius 3 is 1.50 bits per heavy atom. The van der Waals surface area contributed by atoms with Crippen molar-refractivity contribution in [1.82, 2.24) is 44.5 Å². The molecule has 0 aliphatic rings. The van der Waals surface area contributed by atoms with Gasteiger partial charge in [0, 0.05) is 35.9 Å². The first-order valence-corrected chi connectivity index (χ1v) is 8.49. The summed E-state index contributed by atoms with van der Waals surface area (Å²) < 4.78 is 3.25. The van der Waals surface area contributed by atoms with Gasteiger partial charge in [-0.05, 0) is 36.4 Å². The third-order valence-electron chi connectivity index (χ3n) is 4.05. The molecule has 0 N–H and O–H groups in total. The summed E-state index contributed by atoms with van der Waals surface area (Å²) in [6, 6.07) is 13.0. The molecule has 9 nitrogen and oxygen atoms in total. The van der Waals surface area contributed by atoms with Gasteiger partial charge in [-0.25, -0.2) is 24.3 Å². The van der Waals surface area contributed by atoms with Gasteiger partial charge in [0.25, 0.3) is 0 Å². The van der Waals surface area contributed by atoms with Crippen molar-refractivity contribution in [3.05, 3.63) is 79.9 Å². The molecule has 0 aliphatic carbocycles. The minimum Gasteiger partial charge on any atom is -0.265 e. The van der Waals surface area contributed by atoms with Crippen LogP contribution in [0.25, 0.3) is 34.4 Å². The van der Waals surface area contributed by atoms with Crippen LogP contribution in [0.15, 0.2) is 79.9 Å². The van der Waals surface area contributed by atoms with E-state index in [0.717, 1.165) is 11.1 Å². The van der Waals surface area contributed by atoms with E-state index in [0.29, 0.717) is 23.3 Å². The second-order valence-electron chi connectivity index (χ2n) is 5.85. The molecule has 5 aromatic heterocycles. The van der Waals surface area contributed by atoms with Crippen LogP contribution in [0.1, 0.15) is 0 Å². The fraction of sp³-hybridized carbons (Fsp3) is 0. The zero-order valence-electron chi connectivity index (χ0n) is 14.5. The van der Waals surface area contributed by atoms with Crippen molar-refractivity contribution < 1.29 is 0 Å². The number of pyridine rings is 3. The molecule has 0 aliphatic heterocycles. The molecule has 28 heavy (non-hydrogen) atoms. The molecule has 5 aromatic rings. The van der Waals surface area contributed by atoms with Crippen LogP contribution in [0.2, 0.25) is 0 Å². The quantitative estimate of drug-likeness (QED) is 0.481. The van der Waals surface area contributed by atoms with Crippen LogP contribution in [0, 0.1) is 0 Å². The molecule has 9 heteroatoms. The van der Waals surface area contributed by atoms with Gasteiger partial charge in [0.15, 0.2) is 23.3 Å². The van der Waals surface area contributed by atoms with Gasteiger partial charge in [0.1, 0.15) is 12.7 Å². The highest BCUT2D eigenvalue weighted by Crippen LogP contribution is 2.16. The number of hydrogen-bond acceptors (Lipinski definition) is 7. The molecule has 0 radical (unpaired) electrons. The first kappa shape index (κ1) is 15.9. The first-order chi connectivity index (χ1) is 13.9. The Labute approximate surface area is 159 Å². The van der Waals surface area contributed by atoms with Gasteiger partial charge in [-0.1, -0.05) is 6.07 Å². The summed E-state index contributed by atoms with van der Waals surface area (Å²) in [5.41, 5.74) is 1.78. The van der Waals surface area contributed by atoms with Crippen molar-refractivity contribution in [2.75, 3.05) is 0 Å². The lowest BCUT2D eigenvalue weighted by Crippen LogP contribution is -2.04. The lowest BCUT2D eigenvalue weighted by molar-refractivity contribution is 0.804. The molecular formula is C19H13N9. The highest BCUT2D eigenvalue weighted by molar-refractivity contribution is 5.54. The van der Waals surface area contributed by atoms with E-state index < -0.39 is 0 Å². The summed E-state index contributed by atoms with van der Waals surface area (Å²) >= 11 is 0. The molecule has 134 valence electrons.